The number of hydrogen-bond donors (Lipinski definition) is 1. The number of hydrogen-bond acceptors (Lipinski definition) is 3. The fourth-order valence-electron chi connectivity index (χ4n) is 1.80. The zero-order valence-corrected chi connectivity index (χ0v) is 11.5. The fraction of sp³-hybridized carbons (Fsp3) is 0.429. The van der Waals surface area contributed by atoms with Crippen LogP contribution in [0, 0.1) is 18.7 Å². The van der Waals surface area contributed by atoms with Gasteiger partial charge in [0.05, 0.1) is 17.6 Å². The number of benzene rings is 1. The summed E-state index contributed by atoms with van der Waals surface area (Å²) in [7, 11) is 0. The van der Waals surface area contributed by atoms with Crippen molar-refractivity contribution in [1.29, 1.82) is 0 Å². The molecule has 1 aromatic carbocycles. The Balaban J connectivity index is 2.16. The van der Waals surface area contributed by atoms with E-state index in [2.05, 4.69) is 29.5 Å². The van der Waals surface area contributed by atoms with Gasteiger partial charge < -0.3 is 5.32 Å². The van der Waals surface area contributed by atoms with Crippen LogP contribution in [0.5, 0.6) is 0 Å². The van der Waals surface area contributed by atoms with Crippen LogP contribution in [0.3, 0.4) is 0 Å². The molecule has 1 aromatic heterocycles. The molecular formula is C14H19FN4. The highest BCUT2D eigenvalue weighted by molar-refractivity contribution is 5.35. The molecule has 102 valence electrons. The smallest absolute Gasteiger partial charge is 0.128 e. The van der Waals surface area contributed by atoms with Gasteiger partial charge >= 0.3 is 0 Å². The van der Waals surface area contributed by atoms with Crippen LogP contribution in [0.1, 0.15) is 25.1 Å². The lowest BCUT2D eigenvalue weighted by atomic mass is 10.2. The van der Waals surface area contributed by atoms with Crippen molar-refractivity contribution in [3.8, 4) is 5.69 Å². The summed E-state index contributed by atoms with van der Waals surface area (Å²) in [6.07, 6.45) is 1.70. The maximum Gasteiger partial charge on any atom is 0.128 e. The summed E-state index contributed by atoms with van der Waals surface area (Å²) in [5.41, 5.74) is 2.24. The first kappa shape index (κ1) is 13.7. The summed E-state index contributed by atoms with van der Waals surface area (Å²) in [4.78, 5) is 0. The molecule has 0 amide bonds. The number of rotatable bonds is 5. The lowest BCUT2D eigenvalue weighted by Gasteiger charge is -2.09. The molecule has 0 bridgehead atoms. The molecule has 2 rings (SSSR count). The number of nitrogens with one attached hydrogen (secondary N) is 1. The highest BCUT2D eigenvalue weighted by Crippen LogP contribution is 2.14. The van der Waals surface area contributed by atoms with Crippen LogP contribution in [-0.2, 0) is 6.54 Å². The van der Waals surface area contributed by atoms with Gasteiger partial charge in [0, 0.05) is 6.54 Å². The third-order valence-corrected chi connectivity index (χ3v) is 2.88. The van der Waals surface area contributed by atoms with Crippen LogP contribution < -0.4 is 5.32 Å². The molecule has 0 spiro atoms. The van der Waals surface area contributed by atoms with Gasteiger partial charge in [-0.25, -0.2) is 9.07 Å². The Labute approximate surface area is 112 Å². The van der Waals surface area contributed by atoms with Crippen LogP contribution >= 0.6 is 0 Å². The third kappa shape index (κ3) is 3.38. The first-order valence-corrected chi connectivity index (χ1v) is 6.44. The summed E-state index contributed by atoms with van der Waals surface area (Å²) in [5.74, 6) is 0.357. The molecule has 0 aliphatic carbocycles. The van der Waals surface area contributed by atoms with Gasteiger partial charge in [0.25, 0.3) is 0 Å². The summed E-state index contributed by atoms with van der Waals surface area (Å²) in [5, 5.41) is 11.2. The molecule has 0 aliphatic rings. The summed E-state index contributed by atoms with van der Waals surface area (Å²) >= 11 is 0. The van der Waals surface area contributed by atoms with Gasteiger partial charge in [0.15, 0.2) is 0 Å². The SMILES string of the molecule is Cc1ccc(-n2nncc2CNCC(C)C)cc1F. The predicted octanol–water partition coefficient (Wildman–Crippen LogP) is 2.46. The Morgan fingerprint density at radius 3 is 2.84 bits per heavy atom. The first-order chi connectivity index (χ1) is 9.08. The molecule has 5 heteroatoms. The molecule has 19 heavy (non-hydrogen) atoms. The first-order valence-electron chi connectivity index (χ1n) is 6.44. The second-order valence-corrected chi connectivity index (χ2v) is 5.10. The van der Waals surface area contributed by atoms with Gasteiger partial charge in [-0.05, 0) is 37.1 Å². The molecular weight excluding hydrogens is 243 g/mol. The van der Waals surface area contributed by atoms with E-state index in [1.807, 2.05) is 6.07 Å². The van der Waals surface area contributed by atoms with Crippen molar-refractivity contribution in [1.82, 2.24) is 20.3 Å². The monoisotopic (exact) mass is 262 g/mol. The molecule has 1 heterocycles. The highest BCUT2D eigenvalue weighted by Gasteiger charge is 2.08. The van der Waals surface area contributed by atoms with E-state index in [0.29, 0.717) is 23.7 Å². The van der Waals surface area contributed by atoms with Crippen LogP contribution in [0.25, 0.3) is 5.69 Å². The quantitative estimate of drug-likeness (QED) is 0.900. The van der Waals surface area contributed by atoms with E-state index in [0.717, 1.165) is 12.2 Å². The number of aryl methyl sites for hydroxylation is 1. The van der Waals surface area contributed by atoms with E-state index in [1.165, 1.54) is 6.07 Å². The molecule has 1 N–H and O–H groups in total. The summed E-state index contributed by atoms with van der Waals surface area (Å²) in [6.45, 7) is 7.63. The molecule has 0 saturated heterocycles. The fourth-order valence-corrected chi connectivity index (χ4v) is 1.80. The van der Waals surface area contributed by atoms with Gasteiger partial charge in [-0.2, -0.15) is 0 Å². The number of aromatic nitrogens is 3. The molecule has 2 aromatic rings. The molecule has 4 nitrogen and oxygen atoms in total. The lowest BCUT2D eigenvalue weighted by Crippen LogP contribution is -2.20. The number of nitrogens with zero attached hydrogens (tertiary/aromatic N) is 3. The van der Waals surface area contributed by atoms with Gasteiger partial charge in [0.2, 0.25) is 0 Å². The molecule has 0 fully saturated rings. The minimum Gasteiger partial charge on any atom is -0.311 e. The Morgan fingerprint density at radius 1 is 1.37 bits per heavy atom. The maximum atomic E-state index is 13.6. The molecule has 0 unspecified atom stereocenters. The van der Waals surface area contributed by atoms with Crippen molar-refractivity contribution < 1.29 is 4.39 Å². The van der Waals surface area contributed by atoms with Gasteiger partial charge in [-0.1, -0.05) is 25.1 Å². The van der Waals surface area contributed by atoms with Crippen molar-refractivity contribution in [2.24, 2.45) is 5.92 Å². The molecule has 0 saturated carbocycles. The second-order valence-electron chi connectivity index (χ2n) is 5.10. The predicted molar refractivity (Wildman–Crippen MR) is 72.6 cm³/mol. The molecule has 0 atom stereocenters. The standard InChI is InChI=1S/C14H19FN4/c1-10(2)7-16-8-13-9-17-18-19(13)12-5-4-11(3)14(15)6-12/h4-6,9-10,16H,7-8H2,1-3H3. The van der Waals surface area contributed by atoms with Gasteiger partial charge in [-0.3, -0.25) is 0 Å². The van der Waals surface area contributed by atoms with E-state index >= 15 is 0 Å². The second kappa shape index (κ2) is 5.93. The largest absolute Gasteiger partial charge is 0.311 e. The van der Waals surface area contributed by atoms with Crippen molar-refractivity contribution in [2.75, 3.05) is 6.54 Å². The minimum atomic E-state index is -0.228. The zero-order valence-electron chi connectivity index (χ0n) is 11.5. The minimum absolute atomic E-state index is 0.228. The average Bonchev–Trinajstić information content (AvgIpc) is 2.80. The van der Waals surface area contributed by atoms with Crippen molar-refractivity contribution in [3.63, 3.8) is 0 Å². The van der Waals surface area contributed by atoms with Gasteiger partial charge in [0.1, 0.15) is 5.82 Å². The Hall–Kier alpha value is -1.75. The normalized spacial score (nSPS) is 11.2. The van der Waals surface area contributed by atoms with E-state index < -0.39 is 0 Å². The van der Waals surface area contributed by atoms with Crippen LogP contribution in [0.15, 0.2) is 24.4 Å². The summed E-state index contributed by atoms with van der Waals surface area (Å²) in [6, 6.07) is 5.08. The Bertz CT molecular complexity index is 548. The van der Waals surface area contributed by atoms with E-state index in [1.54, 1.807) is 23.9 Å². The third-order valence-electron chi connectivity index (χ3n) is 2.88. The van der Waals surface area contributed by atoms with E-state index in [9.17, 15) is 4.39 Å². The summed E-state index contributed by atoms with van der Waals surface area (Å²) < 4.78 is 15.2. The van der Waals surface area contributed by atoms with Crippen LogP contribution in [-0.4, -0.2) is 21.5 Å². The van der Waals surface area contributed by atoms with Crippen LogP contribution in [0.4, 0.5) is 4.39 Å². The maximum absolute atomic E-state index is 13.6. The van der Waals surface area contributed by atoms with Crippen molar-refractivity contribution >= 4 is 0 Å². The lowest BCUT2D eigenvalue weighted by molar-refractivity contribution is 0.542. The van der Waals surface area contributed by atoms with E-state index in [-0.39, 0.29) is 5.82 Å². The zero-order chi connectivity index (χ0) is 13.8. The van der Waals surface area contributed by atoms with Crippen molar-refractivity contribution in [3.05, 3.63) is 41.5 Å². The average molecular weight is 262 g/mol. The van der Waals surface area contributed by atoms with Crippen LogP contribution in [0.2, 0.25) is 0 Å². The Morgan fingerprint density at radius 2 is 2.16 bits per heavy atom. The number of halogens is 1. The highest BCUT2D eigenvalue weighted by atomic mass is 19.1. The van der Waals surface area contributed by atoms with Crippen molar-refractivity contribution in [2.45, 2.75) is 27.3 Å². The molecule has 0 aliphatic heterocycles. The van der Waals surface area contributed by atoms with Gasteiger partial charge in [-0.15, -0.1) is 5.10 Å². The van der Waals surface area contributed by atoms with E-state index in [4.69, 9.17) is 0 Å². The Kier molecular flexibility index (Phi) is 4.27. The topological polar surface area (TPSA) is 42.7 Å². The molecule has 0 radical (unpaired) electrons.